The van der Waals surface area contributed by atoms with Crippen molar-refractivity contribution in [2.75, 3.05) is 5.75 Å². The van der Waals surface area contributed by atoms with Crippen LogP contribution >= 0.6 is 35.0 Å². The fourth-order valence-electron chi connectivity index (χ4n) is 3.17. The average molecular weight is 413 g/mol. The number of hydrogen-bond donors (Lipinski definition) is 1. The molecule has 1 aliphatic carbocycles. The highest BCUT2D eigenvalue weighted by molar-refractivity contribution is 7.99. The standard InChI is InChI=1S/C18H22Cl2N4OS/c1-24-17(14-9-8-12(19)10-15(14)20)22-23-18(24)26-11-16(25)21-13-6-4-2-3-5-7-13/h8-10,13H,2-7,11H2,1H3,(H,21,25). The molecular weight excluding hydrogens is 391 g/mol. The van der Waals surface area contributed by atoms with Crippen LogP contribution in [0.1, 0.15) is 38.5 Å². The first-order valence-corrected chi connectivity index (χ1v) is 10.6. The van der Waals surface area contributed by atoms with Gasteiger partial charge >= 0.3 is 0 Å². The summed E-state index contributed by atoms with van der Waals surface area (Å²) in [6.07, 6.45) is 7.12. The SMILES string of the molecule is Cn1c(SCC(=O)NC2CCCCCC2)nnc1-c1ccc(Cl)cc1Cl. The Labute approximate surface area is 167 Å². The van der Waals surface area contributed by atoms with Gasteiger partial charge in [0.15, 0.2) is 11.0 Å². The molecule has 0 atom stereocenters. The minimum atomic E-state index is 0.0518. The van der Waals surface area contributed by atoms with E-state index >= 15 is 0 Å². The Morgan fingerprint density at radius 2 is 1.96 bits per heavy atom. The maximum atomic E-state index is 12.3. The first-order valence-electron chi connectivity index (χ1n) is 8.81. The number of halogens is 2. The lowest BCUT2D eigenvalue weighted by Gasteiger charge is -2.15. The highest BCUT2D eigenvalue weighted by Gasteiger charge is 2.17. The van der Waals surface area contributed by atoms with Crippen molar-refractivity contribution in [1.29, 1.82) is 0 Å². The average Bonchev–Trinajstić information content (AvgIpc) is 2.80. The van der Waals surface area contributed by atoms with Crippen molar-refractivity contribution < 1.29 is 4.79 Å². The largest absolute Gasteiger partial charge is 0.353 e. The molecule has 0 unspecified atom stereocenters. The van der Waals surface area contributed by atoms with E-state index < -0.39 is 0 Å². The van der Waals surface area contributed by atoms with Crippen LogP contribution in [-0.2, 0) is 11.8 Å². The lowest BCUT2D eigenvalue weighted by molar-refractivity contribution is -0.119. The second-order valence-electron chi connectivity index (χ2n) is 6.53. The van der Waals surface area contributed by atoms with Crippen molar-refractivity contribution in [1.82, 2.24) is 20.1 Å². The zero-order chi connectivity index (χ0) is 18.5. The molecule has 3 rings (SSSR count). The Morgan fingerprint density at radius 3 is 2.65 bits per heavy atom. The number of nitrogens with one attached hydrogen (secondary N) is 1. The number of rotatable bonds is 5. The third-order valence-electron chi connectivity index (χ3n) is 4.56. The van der Waals surface area contributed by atoms with Gasteiger partial charge in [0, 0.05) is 23.7 Å². The monoisotopic (exact) mass is 412 g/mol. The van der Waals surface area contributed by atoms with E-state index in [1.165, 1.54) is 37.4 Å². The van der Waals surface area contributed by atoms with Gasteiger partial charge in [0.05, 0.1) is 10.8 Å². The molecule has 1 saturated carbocycles. The number of nitrogens with zero attached hydrogens (tertiary/aromatic N) is 3. The molecule has 140 valence electrons. The van der Waals surface area contributed by atoms with Gasteiger partial charge in [-0.1, -0.05) is 60.6 Å². The third kappa shape index (κ3) is 4.93. The molecule has 1 amide bonds. The number of carbonyl (C=O) groups excluding carboxylic acids is 1. The Balaban J connectivity index is 1.60. The second-order valence-corrected chi connectivity index (χ2v) is 8.32. The zero-order valence-electron chi connectivity index (χ0n) is 14.7. The van der Waals surface area contributed by atoms with Gasteiger partial charge in [-0.15, -0.1) is 10.2 Å². The Hall–Kier alpha value is -1.24. The van der Waals surface area contributed by atoms with Crippen LogP contribution in [0.15, 0.2) is 23.4 Å². The smallest absolute Gasteiger partial charge is 0.230 e. The predicted molar refractivity (Wildman–Crippen MR) is 107 cm³/mol. The summed E-state index contributed by atoms with van der Waals surface area (Å²) >= 11 is 13.6. The first kappa shape index (κ1) is 19.5. The topological polar surface area (TPSA) is 59.8 Å². The normalized spacial score (nSPS) is 15.7. The second kappa shape index (κ2) is 9.11. The highest BCUT2D eigenvalue weighted by Crippen LogP contribution is 2.30. The molecule has 1 aromatic heterocycles. The van der Waals surface area contributed by atoms with Gasteiger partial charge in [0.25, 0.3) is 0 Å². The third-order valence-corrected chi connectivity index (χ3v) is 6.13. The van der Waals surface area contributed by atoms with Crippen LogP contribution in [-0.4, -0.2) is 32.5 Å². The van der Waals surface area contributed by atoms with Crippen LogP contribution in [0.2, 0.25) is 10.0 Å². The van der Waals surface area contributed by atoms with E-state index in [9.17, 15) is 4.79 Å². The van der Waals surface area contributed by atoms with Crippen LogP contribution < -0.4 is 5.32 Å². The summed E-state index contributed by atoms with van der Waals surface area (Å²) in [5, 5.41) is 13.3. The maximum Gasteiger partial charge on any atom is 0.230 e. The molecule has 1 heterocycles. The number of carbonyl (C=O) groups is 1. The van der Waals surface area contributed by atoms with Crippen molar-refractivity contribution in [3.05, 3.63) is 28.2 Å². The Morgan fingerprint density at radius 1 is 1.23 bits per heavy atom. The summed E-state index contributed by atoms with van der Waals surface area (Å²) in [6.45, 7) is 0. The molecule has 26 heavy (non-hydrogen) atoms. The van der Waals surface area contributed by atoms with Gasteiger partial charge in [-0.25, -0.2) is 0 Å². The zero-order valence-corrected chi connectivity index (χ0v) is 17.0. The van der Waals surface area contributed by atoms with Gasteiger partial charge in [0.2, 0.25) is 5.91 Å². The summed E-state index contributed by atoms with van der Waals surface area (Å²) < 4.78 is 1.85. The quantitative estimate of drug-likeness (QED) is 0.569. The fourth-order valence-corrected chi connectivity index (χ4v) is 4.38. The van der Waals surface area contributed by atoms with Crippen molar-refractivity contribution in [2.45, 2.75) is 49.7 Å². The van der Waals surface area contributed by atoms with Gasteiger partial charge in [-0.2, -0.15) is 0 Å². The van der Waals surface area contributed by atoms with Gasteiger partial charge in [0.1, 0.15) is 0 Å². The van der Waals surface area contributed by atoms with Crippen LogP contribution in [0.5, 0.6) is 0 Å². The summed E-state index contributed by atoms with van der Waals surface area (Å²) in [6, 6.07) is 5.58. The van der Waals surface area contributed by atoms with E-state index in [0.29, 0.717) is 32.8 Å². The van der Waals surface area contributed by atoms with Crippen molar-refractivity contribution in [3.8, 4) is 11.4 Å². The van der Waals surface area contributed by atoms with Crippen LogP contribution in [0.3, 0.4) is 0 Å². The Bertz CT molecular complexity index is 773. The van der Waals surface area contributed by atoms with Gasteiger partial charge in [-0.3, -0.25) is 4.79 Å². The summed E-state index contributed by atoms with van der Waals surface area (Å²) in [5.74, 6) is 1.03. The molecule has 0 bridgehead atoms. The molecule has 1 N–H and O–H groups in total. The molecule has 2 aromatic rings. The molecule has 0 spiro atoms. The molecule has 1 fully saturated rings. The van der Waals surface area contributed by atoms with E-state index in [-0.39, 0.29) is 5.91 Å². The summed E-state index contributed by atoms with van der Waals surface area (Å²) in [4.78, 5) is 12.3. The van der Waals surface area contributed by atoms with Gasteiger partial charge < -0.3 is 9.88 Å². The number of benzene rings is 1. The van der Waals surface area contributed by atoms with Crippen LogP contribution in [0, 0.1) is 0 Å². The number of aromatic nitrogens is 3. The molecular formula is C18H22Cl2N4OS. The molecule has 5 nitrogen and oxygen atoms in total. The number of hydrogen-bond acceptors (Lipinski definition) is 4. The fraction of sp³-hybridized carbons (Fsp3) is 0.500. The predicted octanol–water partition coefficient (Wildman–Crippen LogP) is 4.72. The minimum Gasteiger partial charge on any atom is -0.353 e. The molecule has 0 saturated heterocycles. The lowest BCUT2D eigenvalue weighted by Crippen LogP contribution is -2.35. The van der Waals surface area contributed by atoms with E-state index in [1.807, 2.05) is 17.7 Å². The number of thioether (sulfide) groups is 1. The maximum absolute atomic E-state index is 12.3. The van der Waals surface area contributed by atoms with E-state index in [0.717, 1.165) is 18.4 Å². The van der Waals surface area contributed by atoms with Crippen molar-refractivity contribution in [2.24, 2.45) is 7.05 Å². The highest BCUT2D eigenvalue weighted by atomic mass is 35.5. The van der Waals surface area contributed by atoms with Crippen LogP contribution in [0.4, 0.5) is 0 Å². The van der Waals surface area contributed by atoms with Crippen molar-refractivity contribution >= 4 is 40.9 Å². The Kier molecular flexibility index (Phi) is 6.84. The molecule has 0 radical (unpaired) electrons. The summed E-state index contributed by atoms with van der Waals surface area (Å²) in [5.41, 5.74) is 0.765. The minimum absolute atomic E-state index is 0.0518. The van der Waals surface area contributed by atoms with Gasteiger partial charge in [-0.05, 0) is 31.0 Å². The molecule has 1 aromatic carbocycles. The van der Waals surface area contributed by atoms with Crippen LogP contribution in [0.25, 0.3) is 11.4 Å². The van der Waals surface area contributed by atoms with Crippen molar-refractivity contribution in [3.63, 3.8) is 0 Å². The van der Waals surface area contributed by atoms with E-state index in [1.54, 1.807) is 12.1 Å². The first-order chi connectivity index (χ1) is 12.5. The van der Waals surface area contributed by atoms with E-state index in [2.05, 4.69) is 15.5 Å². The van der Waals surface area contributed by atoms with E-state index in [4.69, 9.17) is 23.2 Å². The molecule has 0 aliphatic heterocycles. The molecule has 8 heteroatoms. The molecule has 1 aliphatic rings. The lowest BCUT2D eigenvalue weighted by atomic mass is 10.1. The summed E-state index contributed by atoms with van der Waals surface area (Å²) in [7, 11) is 1.87. The number of amides is 1.